The van der Waals surface area contributed by atoms with Gasteiger partial charge in [-0.25, -0.2) is 0 Å². The average molecular weight is 298 g/mol. The molecule has 3 saturated heterocycles. The zero-order valence-electron chi connectivity index (χ0n) is 13.2. The third kappa shape index (κ3) is 3.16. The predicted octanol–water partition coefficient (Wildman–Crippen LogP) is 1.35. The van der Waals surface area contributed by atoms with E-state index < -0.39 is 6.29 Å². The second-order valence-electron chi connectivity index (χ2n) is 6.04. The molecule has 0 aromatic carbocycles. The Kier molecular flexibility index (Phi) is 4.93. The smallest absolute Gasteiger partial charge is 0.408 e. The lowest BCUT2D eigenvalue weighted by atomic mass is 9.86. The average Bonchev–Trinajstić information content (AvgIpc) is 3.13. The van der Waals surface area contributed by atoms with E-state index in [4.69, 9.17) is 28.1 Å². The van der Waals surface area contributed by atoms with Crippen LogP contribution in [0.1, 0.15) is 27.7 Å². The molecule has 0 spiro atoms. The molecule has 0 aromatic heterocycles. The van der Waals surface area contributed by atoms with Crippen molar-refractivity contribution in [1.29, 1.82) is 0 Å². The molecule has 21 heavy (non-hydrogen) atoms. The highest BCUT2D eigenvalue weighted by Crippen LogP contribution is 2.37. The molecule has 118 valence electrons. The number of rotatable bonds is 5. The van der Waals surface area contributed by atoms with Gasteiger partial charge in [0, 0.05) is 0 Å². The zero-order valence-corrected chi connectivity index (χ0v) is 13.2. The van der Waals surface area contributed by atoms with E-state index in [9.17, 15) is 0 Å². The molecule has 3 fully saturated rings. The van der Waals surface area contributed by atoms with E-state index >= 15 is 0 Å². The Morgan fingerprint density at radius 3 is 2.33 bits per heavy atom. The minimum Gasteiger partial charge on any atom is -0.408 e. The molecule has 5 unspecified atom stereocenters. The van der Waals surface area contributed by atoms with Crippen LogP contribution in [0.4, 0.5) is 0 Å². The highest BCUT2D eigenvalue weighted by atomic mass is 16.8. The molecule has 5 atom stereocenters. The molecule has 3 rings (SSSR count). The molecule has 0 radical (unpaired) electrons. The molecule has 3 aliphatic rings. The Balaban J connectivity index is 1.69. The van der Waals surface area contributed by atoms with Crippen molar-refractivity contribution in [2.24, 2.45) is 0 Å². The zero-order chi connectivity index (χ0) is 15.0. The maximum Gasteiger partial charge on any atom is 0.457 e. The van der Waals surface area contributed by atoms with Gasteiger partial charge in [0.05, 0.1) is 18.8 Å². The molecule has 3 heterocycles. The summed E-state index contributed by atoms with van der Waals surface area (Å²) in [6.45, 7) is 8.59. The molecule has 6 nitrogen and oxygen atoms in total. The quantitative estimate of drug-likeness (QED) is 0.714. The van der Waals surface area contributed by atoms with Crippen molar-refractivity contribution >= 4 is 14.2 Å². The second kappa shape index (κ2) is 6.56. The van der Waals surface area contributed by atoms with E-state index in [1.165, 1.54) is 0 Å². The van der Waals surface area contributed by atoms with Crippen LogP contribution in [-0.2, 0) is 28.1 Å². The van der Waals surface area contributed by atoms with E-state index in [0.717, 1.165) is 12.6 Å². The third-order valence-corrected chi connectivity index (χ3v) is 4.04. The van der Waals surface area contributed by atoms with Crippen LogP contribution in [0.3, 0.4) is 0 Å². The molecular formula is C13H24B2O6. The van der Waals surface area contributed by atoms with Gasteiger partial charge in [0.1, 0.15) is 18.3 Å². The summed E-state index contributed by atoms with van der Waals surface area (Å²) in [7, 11) is -0.333. The van der Waals surface area contributed by atoms with Crippen molar-refractivity contribution in [3.05, 3.63) is 0 Å². The first-order chi connectivity index (χ1) is 10.1. The first-order valence-corrected chi connectivity index (χ1v) is 8.01. The van der Waals surface area contributed by atoms with Crippen LogP contribution in [0.5, 0.6) is 0 Å². The Labute approximate surface area is 127 Å². The van der Waals surface area contributed by atoms with Crippen LogP contribution in [0.25, 0.3) is 0 Å². The fraction of sp³-hybridized carbons (Fsp3) is 1.00. The van der Waals surface area contributed by atoms with Crippen LogP contribution < -0.4 is 0 Å². The monoisotopic (exact) mass is 298 g/mol. The minimum absolute atomic E-state index is 0.0720. The topological polar surface area (TPSA) is 55.4 Å². The van der Waals surface area contributed by atoms with Crippen molar-refractivity contribution in [3.8, 4) is 0 Å². The summed E-state index contributed by atoms with van der Waals surface area (Å²) >= 11 is 0. The first-order valence-electron chi connectivity index (χ1n) is 8.01. The van der Waals surface area contributed by atoms with Gasteiger partial charge in [0.15, 0.2) is 6.29 Å². The first kappa shape index (κ1) is 15.8. The summed E-state index contributed by atoms with van der Waals surface area (Å²) in [5, 5.41) is 0. The van der Waals surface area contributed by atoms with Gasteiger partial charge in [-0.2, -0.15) is 0 Å². The molecule has 0 aromatic rings. The van der Waals surface area contributed by atoms with Gasteiger partial charge >= 0.3 is 14.2 Å². The van der Waals surface area contributed by atoms with Crippen LogP contribution >= 0.6 is 0 Å². The van der Waals surface area contributed by atoms with Gasteiger partial charge in [0.2, 0.25) is 0 Å². The van der Waals surface area contributed by atoms with Gasteiger partial charge in [-0.15, -0.1) is 0 Å². The molecular weight excluding hydrogens is 274 g/mol. The van der Waals surface area contributed by atoms with E-state index in [-0.39, 0.29) is 44.8 Å². The SMILES string of the molecule is CCB1OCC(C2OC(OC(C)C)C3OB(CC)OC23)O1. The van der Waals surface area contributed by atoms with Gasteiger partial charge in [0.25, 0.3) is 0 Å². The van der Waals surface area contributed by atoms with Crippen LogP contribution in [0.15, 0.2) is 0 Å². The molecule has 3 aliphatic heterocycles. The lowest BCUT2D eigenvalue weighted by Crippen LogP contribution is -2.39. The van der Waals surface area contributed by atoms with Gasteiger partial charge in [-0.3, -0.25) is 0 Å². The number of fused-ring (bicyclic) bond motifs is 1. The van der Waals surface area contributed by atoms with Crippen molar-refractivity contribution in [3.63, 3.8) is 0 Å². The molecule has 0 bridgehead atoms. The third-order valence-electron chi connectivity index (χ3n) is 4.04. The summed E-state index contributed by atoms with van der Waals surface area (Å²) in [4.78, 5) is 0. The van der Waals surface area contributed by atoms with Crippen molar-refractivity contribution in [1.82, 2.24) is 0 Å². The second-order valence-corrected chi connectivity index (χ2v) is 6.04. The fourth-order valence-corrected chi connectivity index (χ4v) is 3.06. The highest BCUT2D eigenvalue weighted by Gasteiger charge is 2.57. The van der Waals surface area contributed by atoms with Crippen LogP contribution in [0.2, 0.25) is 12.6 Å². The van der Waals surface area contributed by atoms with E-state index in [1.54, 1.807) is 0 Å². The molecule has 0 aliphatic carbocycles. The summed E-state index contributed by atoms with van der Waals surface area (Å²) < 4.78 is 35.3. The molecule has 0 N–H and O–H groups in total. The Morgan fingerprint density at radius 2 is 1.71 bits per heavy atom. The Bertz CT molecular complexity index is 358. The number of hydrogen-bond acceptors (Lipinski definition) is 6. The van der Waals surface area contributed by atoms with E-state index in [1.807, 2.05) is 27.7 Å². The lowest BCUT2D eigenvalue weighted by Gasteiger charge is -2.23. The Hall–Kier alpha value is -0.110. The maximum atomic E-state index is 6.03. The van der Waals surface area contributed by atoms with Crippen LogP contribution in [0, 0.1) is 0 Å². The van der Waals surface area contributed by atoms with Crippen molar-refractivity contribution in [2.45, 2.75) is 77.1 Å². The van der Waals surface area contributed by atoms with E-state index in [2.05, 4.69) is 0 Å². The molecule has 0 amide bonds. The van der Waals surface area contributed by atoms with Gasteiger partial charge in [-0.05, 0) is 26.5 Å². The summed E-state index contributed by atoms with van der Waals surface area (Å²) in [5.74, 6) is 0. The summed E-state index contributed by atoms with van der Waals surface area (Å²) in [6, 6.07) is 0. The van der Waals surface area contributed by atoms with Crippen LogP contribution in [-0.4, -0.2) is 57.7 Å². The largest absolute Gasteiger partial charge is 0.457 e. The maximum absolute atomic E-state index is 6.03. The van der Waals surface area contributed by atoms with Gasteiger partial charge < -0.3 is 28.1 Å². The standard InChI is InChI=1S/C13H24B2O6/c1-5-14-16-7-9(19-14)10-11-12(21-15(6-2)20-11)13(18-10)17-8(3)4/h8-13H,5-7H2,1-4H3. The predicted molar refractivity (Wildman–Crippen MR) is 77.9 cm³/mol. The van der Waals surface area contributed by atoms with Crippen molar-refractivity contribution < 1.29 is 28.1 Å². The highest BCUT2D eigenvalue weighted by molar-refractivity contribution is 6.45. The molecule has 0 saturated carbocycles. The number of hydrogen-bond donors (Lipinski definition) is 0. The lowest BCUT2D eigenvalue weighted by molar-refractivity contribution is -0.190. The summed E-state index contributed by atoms with van der Waals surface area (Å²) in [5.41, 5.74) is 0. The summed E-state index contributed by atoms with van der Waals surface area (Å²) in [6.07, 6.45) is 0.652. The van der Waals surface area contributed by atoms with E-state index in [0.29, 0.717) is 6.61 Å². The van der Waals surface area contributed by atoms with Gasteiger partial charge in [-0.1, -0.05) is 13.8 Å². The number of ether oxygens (including phenoxy) is 2. The Morgan fingerprint density at radius 1 is 1.00 bits per heavy atom. The minimum atomic E-state index is -0.402. The molecule has 8 heteroatoms. The fourth-order valence-electron chi connectivity index (χ4n) is 3.06. The van der Waals surface area contributed by atoms with Crippen molar-refractivity contribution in [2.75, 3.05) is 6.61 Å². The normalized spacial score (nSPS) is 39.6.